The minimum Gasteiger partial charge on any atom is -0.497 e. The van der Waals surface area contributed by atoms with Crippen LogP contribution in [0.3, 0.4) is 0 Å². The zero-order valence-electron chi connectivity index (χ0n) is 15.8. The average molecular weight is 392 g/mol. The summed E-state index contributed by atoms with van der Waals surface area (Å²) in [4.78, 5) is 12.1. The number of ether oxygens (including phenoxy) is 2. The van der Waals surface area contributed by atoms with Gasteiger partial charge in [-0.25, -0.2) is 13.1 Å². The van der Waals surface area contributed by atoms with Crippen LogP contribution in [0.5, 0.6) is 11.5 Å². The Balaban J connectivity index is 1.92. The number of sulfonamides is 1. The summed E-state index contributed by atoms with van der Waals surface area (Å²) in [7, 11) is -2.04. The monoisotopic (exact) mass is 392 g/mol. The molecule has 0 saturated heterocycles. The number of hydrogen-bond acceptors (Lipinski definition) is 5. The van der Waals surface area contributed by atoms with E-state index in [0.717, 1.165) is 0 Å². The summed E-state index contributed by atoms with van der Waals surface area (Å²) in [6, 6.07) is 12.8. The van der Waals surface area contributed by atoms with Crippen molar-refractivity contribution in [1.29, 1.82) is 0 Å². The molecule has 0 bridgehead atoms. The Morgan fingerprint density at radius 2 is 1.52 bits per heavy atom. The Kier molecular flexibility index (Phi) is 6.45. The number of carbonyl (C=O) groups excluding carboxylic acids is 1. The summed E-state index contributed by atoms with van der Waals surface area (Å²) in [5.41, 5.74) is -0.0992. The molecule has 2 rings (SSSR count). The van der Waals surface area contributed by atoms with Crippen molar-refractivity contribution in [2.45, 2.75) is 31.2 Å². The summed E-state index contributed by atoms with van der Waals surface area (Å²) in [6.07, 6.45) is 0. The summed E-state index contributed by atoms with van der Waals surface area (Å²) >= 11 is 0. The van der Waals surface area contributed by atoms with E-state index in [1.54, 1.807) is 52.1 Å². The summed E-state index contributed by atoms with van der Waals surface area (Å²) in [6.45, 7) is 5.13. The lowest BCUT2D eigenvalue weighted by Crippen LogP contribution is -2.40. The Morgan fingerprint density at radius 3 is 2.04 bits per heavy atom. The molecule has 0 aliphatic rings. The third-order valence-electron chi connectivity index (χ3n) is 3.32. The SMILES string of the molecule is COc1ccc(OCC(=O)Nc2ccc(S(=O)(=O)NC(C)(C)C)cc2)cc1. The molecule has 0 radical (unpaired) electrons. The first kappa shape index (κ1) is 20.7. The first-order valence-corrected chi connectivity index (χ1v) is 9.78. The number of amides is 1. The van der Waals surface area contributed by atoms with Gasteiger partial charge in [-0.05, 0) is 69.3 Å². The number of benzene rings is 2. The number of hydrogen-bond donors (Lipinski definition) is 2. The molecule has 2 aromatic rings. The second-order valence-electron chi connectivity index (χ2n) is 6.89. The van der Waals surface area contributed by atoms with E-state index in [1.165, 1.54) is 24.3 Å². The predicted molar refractivity (Wildman–Crippen MR) is 104 cm³/mol. The van der Waals surface area contributed by atoms with E-state index >= 15 is 0 Å². The molecule has 2 aromatic carbocycles. The molecule has 0 atom stereocenters. The van der Waals surface area contributed by atoms with E-state index in [-0.39, 0.29) is 17.4 Å². The van der Waals surface area contributed by atoms with Crippen molar-refractivity contribution in [3.8, 4) is 11.5 Å². The van der Waals surface area contributed by atoms with Crippen LogP contribution in [0.15, 0.2) is 53.4 Å². The quantitative estimate of drug-likeness (QED) is 0.756. The smallest absolute Gasteiger partial charge is 0.262 e. The zero-order valence-corrected chi connectivity index (χ0v) is 16.6. The molecule has 7 nitrogen and oxygen atoms in total. The van der Waals surface area contributed by atoms with Crippen LogP contribution in [-0.4, -0.2) is 33.6 Å². The van der Waals surface area contributed by atoms with Crippen LogP contribution < -0.4 is 19.5 Å². The first-order valence-electron chi connectivity index (χ1n) is 8.30. The minimum atomic E-state index is -3.61. The lowest BCUT2D eigenvalue weighted by atomic mass is 10.1. The molecule has 1 amide bonds. The van der Waals surface area contributed by atoms with Gasteiger partial charge in [-0.2, -0.15) is 0 Å². The fourth-order valence-corrected chi connectivity index (χ4v) is 3.62. The molecule has 0 saturated carbocycles. The molecule has 27 heavy (non-hydrogen) atoms. The first-order chi connectivity index (χ1) is 12.6. The fraction of sp³-hybridized carbons (Fsp3) is 0.316. The number of rotatable bonds is 7. The highest BCUT2D eigenvalue weighted by molar-refractivity contribution is 7.89. The van der Waals surface area contributed by atoms with E-state index in [1.807, 2.05) is 0 Å². The van der Waals surface area contributed by atoms with Crippen LogP contribution in [0, 0.1) is 0 Å². The highest BCUT2D eigenvalue weighted by atomic mass is 32.2. The van der Waals surface area contributed by atoms with Gasteiger partial charge >= 0.3 is 0 Å². The molecular formula is C19H24N2O5S. The molecule has 2 N–H and O–H groups in total. The van der Waals surface area contributed by atoms with Gasteiger partial charge in [0, 0.05) is 11.2 Å². The molecule has 0 aliphatic carbocycles. The van der Waals surface area contributed by atoms with Gasteiger partial charge < -0.3 is 14.8 Å². The van der Waals surface area contributed by atoms with Gasteiger partial charge in [-0.15, -0.1) is 0 Å². The van der Waals surface area contributed by atoms with Crippen molar-refractivity contribution in [2.24, 2.45) is 0 Å². The second kappa shape index (κ2) is 8.41. The van der Waals surface area contributed by atoms with Crippen LogP contribution in [0.25, 0.3) is 0 Å². The van der Waals surface area contributed by atoms with Crippen LogP contribution in [-0.2, 0) is 14.8 Å². The van der Waals surface area contributed by atoms with Crippen molar-refractivity contribution in [3.05, 3.63) is 48.5 Å². The Hall–Kier alpha value is -2.58. The molecule has 0 spiro atoms. The van der Waals surface area contributed by atoms with Gasteiger partial charge in [0.1, 0.15) is 11.5 Å². The molecule has 0 aromatic heterocycles. The number of methoxy groups -OCH3 is 1. The van der Waals surface area contributed by atoms with Gasteiger partial charge in [0.15, 0.2) is 6.61 Å². The highest BCUT2D eigenvalue weighted by Crippen LogP contribution is 2.18. The lowest BCUT2D eigenvalue weighted by molar-refractivity contribution is -0.118. The molecule has 8 heteroatoms. The second-order valence-corrected chi connectivity index (χ2v) is 8.57. The number of anilines is 1. The molecule has 0 fully saturated rings. The van der Waals surface area contributed by atoms with E-state index in [9.17, 15) is 13.2 Å². The van der Waals surface area contributed by atoms with Gasteiger partial charge in [-0.1, -0.05) is 0 Å². The topological polar surface area (TPSA) is 93.7 Å². The third-order valence-corrected chi connectivity index (χ3v) is 5.09. The largest absolute Gasteiger partial charge is 0.497 e. The standard InChI is InChI=1S/C19H24N2O5S/c1-19(2,3)21-27(23,24)17-11-5-14(6-12-17)20-18(22)13-26-16-9-7-15(25-4)8-10-16/h5-12,21H,13H2,1-4H3,(H,20,22). The Labute approximate surface area is 159 Å². The van der Waals surface area contributed by atoms with Gasteiger partial charge in [0.25, 0.3) is 5.91 Å². The maximum atomic E-state index is 12.3. The third kappa shape index (κ3) is 6.58. The van der Waals surface area contributed by atoms with E-state index in [4.69, 9.17) is 9.47 Å². The highest BCUT2D eigenvalue weighted by Gasteiger charge is 2.21. The van der Waals surface area contributed by atoms with E-state index in [2.05, 4.69) is 10.0 Å². The Morgan fingerprint density at radius 1 is 0.963 bits per heavy atom. The maximum absolute atomic E-state index is 12.3. The minimum absolute atomic E-state index is 0.130. The molecule has 0 heterocycles. The summed E-state index contributed by atoms with van der Waals surface area (Å²) < 4.78 is 37.5. The average Bonchev–Trinajstić information content (AvgIpc) is 2.59. The van der Waals surface area contributed by atoms with Crippen LogP contribution in [0.2, 0.25) is 0 Å². The normalized spacial score (nSPS) is 11.7. The lowest BCUT2D eigenvalue weighted by Gasteiger charge is -2.20. The molecule has 0 unspecified atom stereocenters. The maximum Gasteiger partial charge on any atom is 0.262 e. The number of carbonyl (C=O) groups is 1. The molecule has 0 aliphatic heterocycles. The van der Waals surface area contributed by atoms with Crippen molar-refractivity contribution >= 4 is 21.6 Å². The fourth-order valence-electron chi connectivity index (χ4n) is 2.20. The Bertz CT molecular complexity index is 870. The van der Waals surface area contributed by atoms with Crippen LogP contribution in [0.4, 0.5) is 5.69 Å². The summed E-state index contributed by atoms with van der Waals surface area (Å²) in [5, 5.41) is 2.66. The van der Waals surface area contributed by atoms with Crippen molar-refractivity contribution < 1.29 is 22.7 Å². The van der Waals surface area contributed by atoms with Crippen molar-refractivity contribution in [2.75, 3.05) is 19.0 Å². The predicted octanol–water partition coefficient (Wildman–Crippen LogP) is 2.79. The molecular weight excluding hydrogens is 368 g/mol. The van der Waals surface area contributed by atoms with Gasteiger partial charge in [0.2, 0.25) is 10.0 Å². The summed E-state index contributed by atoms with van der Waals surface area (Å²) in [5.74, 6) is 0.887. The van der Waals surface area contributed by atoms with Crippen molar-refractivity contribution in [3.63, 3.8) is 0 Å². The number of nitrogens with one attached hydrogen (secondary N) is 2. The van der Waals surface area contributed by atoms with Crippen molar-refractivity contribution in [1.82, 2.24) is 4.72 Å². The molecule has 146 valence electrons. The van der Waals surface area contributed by atoms with Crippen LogP contribution >= 0.6 is 0 Å². The van der Waals surface area contributed by atoms with E-state index < -0.39 is 15.6 Å². The van der Waals surface area contributed by atoms with Gasteiger partial charge in [-0.3, -0.25) is 4.79 Å². The van der Waals surface area contributed by atoms with Gasteiger partial charge in [0.05, 0.1) is 12.0 Å². The van der Waals surface area contributed by atoms with E-state index in [0.29, 0.717) is 17.2 Å². The van der Waals surface area contributed by atoms with Crippen LogP contribution in [0.1, 0.15) is 20.8 Å². The zero-order chi connectivity index (χ0) is 20.1.